The number of benzene rings is 2. The molecule has 0 aliphatic carbocycles. The lowest BCUT2D eigenvalue weighted by Gasteiger charge is -2.17. The fraction of sp³-hybridized carbons (Fsp3) is 0.364. The zero-order valence-electron chi connectivity index (χ0n) is 16.7. The van der Waals surface area contributed by atoms with Crippen LogP contribution in [0.25, 0.3) is 10.2 Å². The first-order valence-electron chi connectivity index (χ1n) is 9.64. The van der Waals surface area contributed by atoms with E-state index in [1.807, 2.05) is 63.2 Å². The van der Waals surface area contributed by atoms with Gasteiger partial charge in [0.25, 0.3) is 5.91 Å². The molecule has 2 aromatic carbocycles. The van der Waals surface area contributed by atoms with Gasteiger partial charge in [0.1, 0.15) is 5.75 Å². The molecule has 5 nitrogen and oxygen atoms in total. The molecule has 0 radical (unpaired) electrons. The maximum atomic E-state index is 12.7. The van der Waals surface area contributed by atoms with Crippen LogP contribution in [0.4, 0.5) is 5.69 Å². The zero-order chi connectivity index (χ0) is 20.3. The standard InChI is InChI=1S/C22H26N2O3S/c1-5-15-7-10-17(11-8-15)27-19(6-2)21(25)23-16-9-12-18-20(13-16)28-22(26)24(18)14(3)4/h7-14,19H,5-6H2,1-4H3,(H,23,25)/t19-/m0/s1. The molecule has 0 unspecified atom stereocenters. The Hall–Kier alpha value is -2.60. The summed E-state index contributed by atoms with van der Waals surface area (Å²) in [6, 6.07) is 13.5. The van der Waals surface area contributed by atoms with Crippen LogP contribution in [-0.2, 0) is 11.2 Å². The molecule has 1 aromatic heterocycles. The van der Waals surface area contributed by atoms with Gasteiger partial charge in [-0.1, -0.05) is 37.3 Å². The Balaban J connectivity index is 1.75. The van der Waals surface area contributed by atoms with Crippen molar-refractivity contribution in [3.8, 4) is 5.75 Å². The average molecular weight is 399 g/mol. The Morgan fingerprint density at radius 3 is 2.46 bits per heavy atom. The van der Waals surface area contributed by atoms with Crippen LogP contribution in [0.15, 0.2) is 47.3 Å². The van der Waals surface area contributed by atoms with Crippen LogP contribution in [-0.4, -0.2) is 16.6 Å². The molecule has 0 bridgehead atoms. The highest BCUT2D eigenvalue weighted by Gasteiger charge is 2.19. The third-order valence-electron chi connectivity index (χ3n) is 4.67. The van der Waals surface area contributed by atoms with Gasteiger partial charge >= 0.3 is 4.87 Å². The number of nitrogens with one attached hydrogen (secondary N) is 1. The molecule has 0 fully saturated rings. The van der Waals surface area contributed by atoms with Gasteiger partial charge in [-0.25, -0.2) is 0 Å². The Kier molecular flexibility index (Phi) is 6.19. The summed E-state index contributed by atoms with van der Waals surface area (Å²) in [5, 5.41) is 2.92. The number of nitrogens with zero attached hydrogens (tertiary/aromatic N) is 1. The smallest absolute Gasteiger partial charge is 0.308 e. The predicted octanol–water partition coefficient (Wildman–Crippen LogP) is 5.00. The lowest BCUT2D eigenvalue weighted by molar-refractivity contribution is -0.122. The first-order valence-corrected chi connectivity index (χ1v) is 10.5. The molecule has 1 amide bonds. The molecule has 0 saturated carbocycles. The molecule has 3 aromatic rings. The average Bonchev–Trinajstić information content (AvgIpc) is 3.01. The summed E-state index contributed by atoms with van der Waals surface area (Å²) in [6.07, 6.45) is 0.938. The van der Waals surface area contributed by atoms with Crippen molar-refractivity contribution in [2.75, 3.05) is 5.32 Å². The lowest BCUT2D eigenvalue weighted by Crippen LogP contribution is -2.32. The minimum Gasteiger partial charge on any atom is -0.481 e. The Morgan fingerprint density at radius 1 is 1.14 bits per heavy atom. The summed E-state index contributed by atoms with van der Waals surface area (Å²) in [5.74, 6) is 0.485. The highest BCUT2D eigenvalue weighted by Crippen LogP contribution is 2.24. The van der Waals surface area contributed by atoms with E-state index in [1.165, 1.54) is 16.9 Å². The van der Waals surface area contributed by atoms with E-state index in [9.17, 15) is 9.59 Å². The van der Waals surface area contributed by atoms with Gasteiger partial charge in [0.15, 0.2) is 6.10 Å². The van der Waals surface area contributed by atoms with Crippen molar-refractivity contribution in [3.63, 3.8) is 0 Å². The maximum absolute atomic E-state index is 12.7. The van der Waals surface area contributed by atoms with Gasteiger partial charge < -0.3 is 10.1 Å². The molecule has 6 heteroatoms. The van der Waals surface area contributed by atoms with E-state index in [4.69, 9.17) is 4.74 Å². The van der Waals surface area contributed by atoms with Gasteiger partial charge in [-0.05, 0) is 62.6 Å². The summed E-state index contributed by atoms with van der Waals surface area (Å²) in [7, 11) is 0. The normalized spacial score (nSPS) is 12.3. The summed E-state index contributed by atoms with van der Waals surface area (Å²) < 4.78 is 8.50. The van der Waals surface area contributed by atoms with Crippen LogP contribution in [0, 0.1) is 0 Å². The van der Waals surface area contributed by atoms with Gasteiger partial charge in [0.2, 0.25) is 0 Å². The third kappa shape index (κ3) is 4.28. The quantitative estimate of drug-likeness (QED) is 0.609. The van der Waals surface area contributed by atoms with Crippen molar-refractivity contribution in [1.82, 2.24) is 4.57 Å². The molecule has 28 heavy (non-hydrogen) atoms. The zero-order valence-corrected chi connectivity index (χ0v) is 17.5. The van der Waals surface area contributed by atoms with Crippen molar-refractivity contribution in [3.05, 3.63) is 57.7 Å². The van der Waals surface area contributed by atoms with E-state index in [-0.39, 0.29) is 16.8 Å². The Morgan fingerprint density at radius 2 is 1.86 bits per heavy atom. The number of hydrogen-bond donors (Lipinski definition) is 1. The molecule has 0 aliphatic rings. The fourth-order valence-electron chi connectivity index (χ4n) is 3.12. The number of amides is 1. The van der Waals surface area contributed by atoms with E-state index in [0.717, 1.165) is 16.6 Å². The van der Waals surface area contributed by atoms with Crippen LogP contribution >= 0.6 is 11.3 Å². The number of aromatic nitrogens is 1. The van der Waals surface area contributed by atoms with Crippen molar-refractivity contribution < 1.29 is 9.53 Å². The van der Waals surface area contributed by atoms with Crippen LogP contribution < -0.4 is 14.9 Å². The van der Waals surface area contributed by atoms with E-state index in [1.54, 1.807) is 4.57 Å². The number of thiazole rings is 1. The fourth-order valence-corrected chi connectivity index (χ4v) is 4.17. The first kappa shape index (κ1) is 20.1. The molecule has 1 N–H and O–H groups in total. The number of ether oxygens (including phenoxy) is 1. The van der Waals surface area contributed by atoms with Gasteiger partial charge in [0, 0.05) is 11.7 Å². The van der Waals surface area contributed by atoms with E-state index in [2.05, 4.69) is 12.2 Å². The highest BCUT2D eigenvalue weighted by atomic mass is 32.1. The van der Waals surface area contributed by atoms with Crippen molar-refractivity contribution in [1.29, 1.82) is 0 Å². The monoisotopic (exact) mass is 398 g/mol. The van der Waals surface area contributed by atoms with Gasteiger partial charge in [-0.3, -0.25) is 14.2 Å². The molecular formula is C22H26N2O3S. The number of aryl methyl sites for hydroxylation is 1. The van der Waals surface area contributed by atoms with E-state index >= 15 is 0 Å². The van der Waals surface area contributed by atoms with Crippen molar-refractivity contribution >= 4 is 33.1 Å². The maximum Gasteiger partial charge on any atom is 0.308 e. The van der Waals surface area contributed by atoms with Crippen LogP contribution in [0.2, 0.25) is 0 Å². The first-order chi connectivity index (χ1) is 13.4. The predicted molar refractivity (Wildman–Crippen MR) is 116 cm³/mol. The minimum atomic E-state index is -0.581. The van der Waals surface area contributed by atoms with E-state index < -0.39 is 6.10 Å². The lowest BCUT2D eigenvalue weighted by atomic mass is 10.1. The second-order valence-corrected chi connectivity index (χ2v) is 8.01. The molecule has 148 valence electrons. The van der Waals surface area contributed by atoms with Crippen LogP contribution in [0.3, 0.4) is 0 Å². The summed E-state index contributed by atoms with van der Waals surface area (Å²) in [6.45, 7) is 7.99. The largest absolute Gasteiger partial charge is 0.481 e. The van der Waals surface area contributed by atoms with Crippen molar-refractivity contribution in [2.45, 2.75) is 52.7 Å². The molecular weight excluding hydrogens is 372 g/mol. The second kappa shape index (κ2) is 8.61. The van der Waals surface area contributed by atoms with Crippen molar-refractivity contribution in [2.24, 2.45) is 0 Å². The van der Waals surface area contributed by atoms with Gasteiger partial charge in [0.05, 0.1) is 10.2 Å². The van der Waals surface area contributed by atoms with Crippen LogP contribution in [0.5, 0.6) is 5.75 Å². The summed E-state index contributed by atoms with van der Waals surface area (Å²) in [4.78, 5) is 24.9. The number of hydrogen-bond acceptors (Lipinski definition) is 4. The number of rotatable bonds is 7. The van der Waals surface area contributed by atoms with E-state index in [0.29, 0.717) is 17.9 Å². The molecule has 1 heterocycles. The number of carbonyl (C=O) groups is 1. The summed E-state index contributed by atoms with van der Waals surface area (Å²) in [5.41, 5.74) is 2.78. The molecule has 0 spiro atoms. The summed E-state index contributed by atoms with van der Waals surface area (Å²) >= 11 is 1.19. The molecule has 0 saturated heterocycles. The number of carbonyl (C=O) groups excluding carboxylic acids is 1. The second-order valence-electron chi connectivity index (χ2n) is 7.02. The number of fused-ring (bicyclic) bond motifs is 1. The molecule has 1 atom stereocenters. The third-order valence-corrected chi connectivity index (χ3v) is 5.59. The Labute approximate surface area is 169 Å². The minimum absolute atomic E-state index is 0.0128. The number of anilines is 1. The topological polar surface area (TPSA) is 60.3 Å². The molecule has 0 aliphatic heterocycles. The molecule has 3 rings (SSSR count). The van der Waals surface area contributed by atoms with Gasteiger partial charge in [-0.15, -0.1) is 0 Å². The van der Waals surface area contributed by atoms with Gasteiger partial charge in [-0.2, -0.15) is 0 Å². The SMILES string of the molecule is CCc1ccc(O[C@@H](CC)C(=O)Nc2ccc3c(c2)sc(=O)n3C(C)C)cc1. The van der Waals surface area contributed by atoms with Crippen LogP contribution in [0.1, 0.15) is 45.7 Å². The Bertz CT molecular complexity index is 1020. The highest BCUT2D eigenvalue weighted by molar-refractivity contribution is 7.16.